The van der Waals surface area contributed by atoms with Gasteiger partial charge in [-0.1, -0.05) is 48.9 Å². The summed E-state index contributed by atoms with van der Waals surface area (Å²) in [6.07, 6.45) is 7.28. The Morgan fingerprint density at radius 3 is 2.65 bits per heavy atom. The third-order valence-corrected chi connectivity index (χ3v) is 4.77. The molecule has 2 aliphatic rings. The molecule has 0 aliphatic heterocycles. The van der Waals surface area contributed by atoms with Crippen LogP contribution in [0.3, 0.4) is 0 Å². The molecule has 108 valence electrons. The summed E-state index contributed by atoms with van der Waals surface area (Å²) in [6, 6.07) is 11.9. The lowest BCUT2D eigenvalue weighted by atomic mass is 9.81. The molecule has 1 unspecified atom stereocenters. The zero-order valence-electron chi connectivity index (χ0n) is 12.4. The van der Waals surface area contributed by atoms with Gasteiger partial charge in [0.1, 0.15) is 0 Å². The van der Waals surface area contributed by atoms with Crippen LogP contribution in [-0.2, 0) is 0 Å². The van der Waals surface area contributed by atoms with Gasteiger partial charge < -0.3 is 11.1 Å². The van der Waals surface area contributed by atoms with Gasteiger partial charge in [-0.3, -0.25) is 0 Å². The van der Waals surface area contributed by atoms with E-state index in [1.54, 1.807) is 5.57 Å². The topological polar surface area (TPSA) is 38.0 Å². The van der Waals surface area contributed by atoms with E-state index in [1.807, 2.05) is 0 Å². The Bertz CT molecular complexity index is 460. The summed E-state index contributed by atoms with van der Waals surface area (Å²) in [5, 5.41) is 3.73. The molecule has 2 heteroatoms. The Labute approximate surface area is 122 Å². The van der Waals surface area contributed by atoms with E-state index >= 15 is 0 Å². The zero-order valence-corrected chi connectivity index (χ0v) is 12.4. The molecule has 20 heavy (non-hydrogen) atoms. The lowest BCUT2D eigenvalue weighted by Gasteiger charge is -2.32. The van der Waals surface area contributed by atoms with Gasteiger partial charge in [-0.15, -0.1) is 0 Å². The standard InChI is InChI=1S/C18H26N2/c1-2-15(8-13-6-4-3-5-7-13)17-11-18(17)20-12-14-9-16(19)10-14/h3-8,14,16-18,20H,2,9-12,19H2,1H3/t14?,16?,17?,18-/m0/s1. The summed E-state index contributed by atoms with van der Waals surface area (Å²) in [5.41, 5.74) is 8.77. The minimum atomic E-state index is 0.473. The van der Waals surface area contributed by atoms with Crippen LogP contribution in [0, 0.1) is 11.8 Å². The molecular formula is C18H26N2. The molecule has 2 saturated carbocycles. The highest BCUT2D eigenvalue weighted by atomic mass is 15.0. The predicted molar refractivity (Wildman–Crippen MR) is 85.3 cm³/mol. The number of benzene rings is 1. The normalized spacial score (nSPS) is 32.8. The maximum Gasteiger partial charge on any atom is 0.0140 e. The first-order chi connectivity index (χ1) is 9.76. The average molecular weight is 270 g/mol. The highest BCUT2D eigenvalue weighted by Crippen LogP contribution is 2.40. The van der Waals surface area contributed by atoms with Crippen LogP contribution in [0.25, 0.3) is 6.08 Å². The molecule has 0 spiro atoms. The van der Waals surface area contributed by atoms with Gasteiger partial charge in [0.05, 0.1) is 0 Å². The molecule has 2 atom stereocenters. The van der Waals surface area contributed by atoms with Gasteiger partial charge in [0.2, 0.25) is 0 Å². The van der Waals surface area contributed by atoms with E-state index in [9.17, 15) is 0 Å². The zero-order chi connectivity index (χ0) is 13.9. The molecule has 0 amide bonds. The molecule has 1 aromatic rings. The van der Waals surface area contributed by atoms with Crippen LogP contribution in [0.15, 0.2) is 35.9 Å². The number of rotatable bonds is 6. The van der Waals surface area contributed by atoms with Gasteiger partial charge in [-0.2, -0.15) is 0 Å². The monoisotopic (exact) mass is 270 g/mol. The smallest absolute Gasteiger partial charge is 0.0140 e. The van der Waals surface area contributed by atoms with Crippen LogP contribution in [0.5, 0.6) is 0 Å². The summed E-state index contributed by atoms with van der Waals surface area (Å²) in [4.78, 5) is 0. The van der Waals surface area contributed by atoms with E-state index in [0.29, 0.717) is 12.1 Å². The van der Waals surface area contributed by atoms with E-state index in [4.69, 9.17) is 5.73 Å². The predicted octanol–water partition coefficient (Wildman–Crippen LogP) is 3.20. The molecule has 2 fully saturated rings. The Morgan fingerprint density at radius 1 is 1.25 bits per heavy atom. The van der Waals surface area contributed by atoms with Gasteiger partial charge >= 0.3 is 0 Å². The van der Waals surface area contributed by atoms with E-state index in [-0.39, 0.29) is 0 Å². The fraction of sp³-hybridized carbons (Fsp3) is 0.556. The second-order valence-corrected chi connectivity index (χ2v) is 6.44. The van der Waals surface area contributed by atoms with Crippen molar-refractivity contribution in [1.29, 1.82) is 0 Å². The van der Waals surface area contributed by atoms with Crippen LogP contribution < -0.4 is 11.1 Å². The molecular weight excluding hydrogens is 244 g/mol. The van der Waals surface area contributed by atoms with Gasteiger partial charge in [-0.25, -0.2) is 0 Å². The first-order valence-corrected chi connectivity index (χ1v) is 8.00. The number of hydrogen-bond acceptors (Lipinski definition) is 2. The van der Waals surface area contributed by atoms with E-state index < -0.39 is 0 Å². The van der Waals surface area contributed by atoms with Crippen molar-refractivity contribution in [2.24, 2.45) is 17.6 Å². The van der Waals surface area contributed by atoms with Crippen LogP contribution >= 0.6 is 0 Å². The van der Waals surface area contributed by atoms with Crippen molar-refractivity contribution in [2.45, 2.75) is 44.7 Å². The summed E-state index contributed by atoms with van der Waals surface area (Å²) in [5.74, 6) is 1.59. The van der Waals surface area contributed by atoms with Crippen molar-refractivity contribution in [3.8, 4) is 0 Å². The largest absolute Gasteiger partial charge is 0.328 e. The molecule has 0 aromatic heterocycles. The van der Waals surface area contributed by atoms with Crippen LogP contribution in [0.2, 0.25) is 0 Å². The first-order valence-electron chi connectivity index (χ1n) is 8.00. The third-order valence-electron chi connectivity index (χ3n) is 4.77. The molecule has 1 aromatic carbocycles. The fourth-order valence-electron chi connectivity index (χ4n) is 3.34. The van der Waals surface area contributed by atoms with Gasteiger partial charge in [0, 0.05) is 12.1 Å². The maximum atomic E-state index is 5.84. The fourth-order valence-corrected chi connectivity index (χ4v) is 3.34. The lowest BCUT2D eigenvalue weighted by Crippen LogP contribution is -2.42. The molecule has 0 radical (unpaired) electrons. The second-order valence-electron chi connectivity index (χ2n) is 6.44. The molecule has 0 bridgehead atoms. The van der Waals surface area contributed by atoms with Crippen molar-refractivity contribution in [3.63, 3.8) is 0 Å². The van der Waals surface area contributed by atoms with Gasteiger partial charge in [0.15, 0.2) is 0 Å². The van der Waals surface area contributed by atoms with Crippen LogP contribution in [0.4, 0.5) is 0 Å². The van der Waals surface area contributed by atoms with E-state index in [0.717, 1.165) is 24.8 Å². The van der Waals surface area contributed by atoms with Crippen molar-refractivity contribution >= 4 is 6.08 Å². The molecule has 3 N–H and O–H groups in total. The Kier molecular flexibility index (Phi) is 4.23. The Hall–Kier alpha value is -1.12. The summed E-state index contributed by atoms with van der Waals surface area (Å²) >= 11 is 0. The molecule has 2 aliphatic carbocycles. The van der Waals surface area contributed by atoms with Crippen LogP contribution in [0.1, 0.15) is 38.2 Å². The molecule has 0 saturated heterocycles. The van der Waals surface area contributed by atoms with Crippen LogP contribution in [-0.4, -0.2) is 18.6 Å². The van der Waals surface area contributed by atoms with Crippen molar-refractivity contribution in [1.82, 2.24) is 5.32 Å². The number of nitrogens with two attached hydrogens (primary N) is 1. The molecule has 0 heterocycles. The second kappa shape index (κ2) is 6.11. The summed E-state index contributed by atoms with van der Waals surface area (Å²) in [7, 11) is 0. The highest BCUT2D eigenvalue weighted by molar-refractivity contribution is 5.54. The Balaban J connectivity index is 1.50. The van der Waals surface area contributed by atoms with Crippen molar-refractivity contribution in [2.75, 3.05) is 6.54 Å². The van der Waals surface area contributed by atoms with Gasteiger partial charge in [-0.05, 0) is 49.6 Å². The molecule has 3 rings (SSSR count). The minimum Gasteiger partial charge on any atom is -0.328 e. The van der Waals surface area contributed by atoms with E-state index in [2.05, 4.69) is 48.6 Å². The third kappa shape index (κ3) is 3.31. The summed E-state index contributed by atoms with van der Waals surface area (Å²) < 4.78 is 0. The van der Waals surface area contributed by atoms with Crippen molar-refractivity contribution in [3.05, 3.63) is 41.5 Å². The maximum absolute atomic E-state index is 5.84. The van der Waals surface area contributed by atoms with E-state index in [1.165, 1.54) is 24.8 Å². The Morgan fingerprint density at radius 2 is 2.00 bits per heavy atom. The molecule has 2 nitrogen and oxygen atoms in total. The average Bonchev–Trinajstić information content (AvgIpc) is 3.20. The highest BCUT2D eigenvalue weighted by Gasteiger charge is 2.39. The quantitative estimate of drug-likeness (QED) is 0.833. The SMILES string of the molecule is CCC(=Cc1ccccc1)C1C[C@@H]1NCC1CC(N)C1. The number of nitrogens with one attached hydrogen (secondary N) is 1. The number of hydrogen-bond donors (Lipinski definition) is 2. The minimum absolute atomic E-state index is 0.473. The van der Waals surface area contributed by atoms with Crippen molar-refractivity contribution < 1.29 is 0 Å². The first kappa shape index (κ1) is 13.8. The van der Waals surface area contributed by atoms with Gasteiger partial charge in [0.25, 0.3) is 0 Å². The lowest BCUT2D eigenvalue weighted by molar-refractivity contribution is 0.255. The summed E-state index contributed by atoms with van der Waals surface area (Å²) in [6.45, 7) is 3.44.